The number of fused-ring (bicyclic) bond motifs is 1. The molecule has 0 radical (unpaired) electrons. The standard InChI is InChI=1S/C23H20N2O7S/c1-33(29,30)11-10-32-17-5-2-4-16(13-17)24-21(26)15-7-8-19-20(12-15)23(28)25(22(19)27)14-18-6-3-9-31-18/h2-9,12-13H,10-11,14H2,1H3,(H,24,26). The second-order valence-corrected chi connectivity index (χ2v) is 9.76. The maximum Gasteiger partial charge on any atom is 0.261 e. The van der Waals surface area contributed by atoms with Crippen molar-refractivity contribution >= 4 is 33.2 Å². The normalized spacial score (nSPS) is 13.2. The molecule has 0 saturated heterocycles. The van der Waals surface area contributed by atoms with E-state index in [0.29, 0.717) is 17.2 Å². The molecule has 2 aromatic carbocycles. The van der Waals surface area contributed by atoms with Crippen LogP contribution in [0.5, 0.6) is 5.75 Å². The molecule has 1 aliphatic heterocycles. The number of benzene rings is 2. The number of nitrogens with zero attached hydrogens (tertiary/aromatic N) is 1. The van der Waals surface area contributed by atoms with Gasteiger partial charge in [-0.1, -0.05) is 6.07 Å². The molecular weight excluding hydrogens is 448 g/mol. The minimum atomic E-state index is -3.15. The minimum Gasteiger partial charge on any atom is -0.492 e. The molecule has 33 heavy (non-hydrogen) atoms. The van der Waals surface area contributed by atoms with Gasteiger partial charge >= 0.3 is 0 Å². The largest absolute Gasteiger partial charge is 0.492 e. The van der Waals surface area contributed by atoms with E-state index in [-0.39, 0.29) is 35.6 Å². The van der Waals surface area contributed by atoms with Crippen LogP contribution in [0.4, 0.5) is 5.69 Å². The van der Waals surface area contributed by atoms with Crippen LogP contribution in [0.3, 0.4) is 0 Å². The lowest BCUT2D eigenvalue weighted by Gasteiger charge is -2.11. The van der Waals surface area contributed by atoms with Crippen molar-refractivity contribution in [3.8, 4) is 5.75 Å². The Balaban J connectivity index is 1.46. The highest BCUT2D eigenvalue weighted by Crippen LogP contribution is 2.26. The third kappa shape index (κ3) is 5.12. The Morgan fingerprint density at radius 2 is 1.82 bits per heavy atom. The van der Waals surface area contributed by atoms with E-state index in [0.717, 1.165) is 11.2 Å². The molecule has 0 unspecified atom stereocenters. The zero-order chi connectivity index (χ0) is 23.6. The second-order valence-electron chi connectivity index (χ2n) is 7.50. The van der Waals surface area contributed by atoms with Gasteiger partial charge in [0.05, 0.1) is 29.7 Å². The monoisotopic (exact) mass is 468 g/mol. The highest BCUT2D eigenvalue weighted by atomic mass is 32.2. The van der Waals surface area contributed by atoms with E-state index in [1.807, 2.05) is 0 Å². The summed E-state index contributed by atoms with van der Waals surface area (Å²) < 4.78 is 33.1. The summed E-state index contributed by atoms with van der Waals surface area (Å²) >= 11 is 0. The first-order valence-electron chi connectivity index (χ1n) is 9.96. The average molecular weight is 468 g/mol. The van der Waals surface area contributed by atoms with Gasteiger partial charge < -0.3 is 14.5 Å². The number of amides is 3. The van der Waals surface area contributed by atoms with E-state index in [1.54, 1.807) is 36.4 Å². The lowest BCUT2D eigenvalue weighted by atomic mass is 10.1. The Bertz CT molecular complexity index is 1330. The first kappa shape index (κ1) is 22.3. The maximum absolute atomic E-state index is 12.8. The van der Waals surface area contributed by atoms with Gasteiger partial charge in [0, 0.05) is 23.6 Å². The molecule has 0 saturated carbocycles. The van der Waals surface area contributed by atoms with Crippen molar-refractivity contribution in [1.82, 2.24) is 4.90 Å². The van der Waals surface area contributed by atoms with Crippen molar-refractivity contribution in [2.24, 2.45) is 0 Å². The van der Waals surface area contributed by atoms with Crippen molar-refractivity contribution < 1.29 is 32.0 Å². The van der Waals surface area contributed by atoms with Gasteiger partial charge in [0.2, 0.25) is 0 Å². The van der Waals surface area contributed by atoms with E-state index < -0.39 is 27.6 Å². The highest BCUT2D eigenvalue weighted by Gasteiger charge is 2.36. The molecule has 1 aromatic heterocycles. The summed E-state index contributed by atoms with van der Waals surface area (Å²) in [6, 6.07) is 14.2. The predicted molar refractivity (Wildman–Crippen MR) is 119 cm³/mol. The molecule has 3 aromatic rings. The highest BCUT2D eigenvalue weighted by molar-refractivity contribution is 7.90. The summed E-state index contributed by atoms with van der Waals surface area (Å²) in [6.45, 7) is -0.00129. The van der Waals surface area contributed by atoms with Gasteiger partial charge in [-0.2, -0.15) is 0 Å². The van der Waals surface area contributed by atoms with Crippen LogP contribution in [0.25, 0.3) is 0 Å². The molecule has 170 valence electrons. The van der Waals surface area contributed by atoms with Crippen LogP contribution in [0, 0.1) is 0 Å². The molecular formula is C23H20N2O7S. The maximum atomic E-state index is 12.8. The number of imide groups is 1. The first-order valence-corrected chi connectivity index (χ1v) is 12.0. The number of hydrogen-bond acceptors (Lipinski definition) is 7. The van der Waals surface area contributed by atoms with Crippen molar-refractivity contribution in [2.45, 2.75) is 6.54 Å². The fraction of sp³-hybridized carbons (Fsp3) is 0.174. The fourth-order valence-corrected chi connectivity index (χ4v) is 3.70. The van der Waals surface area contributed by atoms with E-state index in [9.17, 15) is 22.8 Å². The third-order valence-corrected chi connectivity index (χ3v) is 5.85. The molecule has 1 aliphatic rings. The molecule has 1 N–H and O–H groups in total. The van der Waals surface area contributed by atoms with Gasteiger partial charge in [0.25, 0.3) is 17.7 Å². The minimum absolute atomic E-state index is 0.00695. The summed E-state index contributed by atoms with van der Waals surface area (Å²) in [7, 11) is -3.15. The van der Waals surface area contributed by atoms with Gasteiger partial charge in [-0.3, -0.25) is 19.3 Å². The molecule has 2 heterocycles. The van der Waals surface area contributed by atoms with Gasteiger partial charge in [-0.15, -0.1) is 0 Å². The van der Waals surface area contributed by atoms with Crippen LogP contribution < -0.4 is 10.1 Å². The number of hydrogen-bond donors (Lipinski definition) is 1. The Kier molecular flexibility index (Phi) is 6.01. The summed E-state index contributed by atoms with van der Waals surface area (Å²) in [5.41, 5.74) is 1.01. The number of furan rings is 1. The van der Waals surface area contributed by atoms with Crippen LogP contribution in [0.15, 0.2) is 65.3 Å². The number of anilines is 1. The Labute approximate surface area is 189 Å². The van der Waals surface area contributed by atoms with Gasteiger partial charge in [-0.25, -0.2) is 8.42 Å². The molecule has 0 fully saturated rings. The van der Waals surface area contributed by atoms with Crippen LogP contribution in [-0.4, -0.2) is 49.7 Å². The van der Waals surface area contributed by atoms with Crippen LogP contribution in [-0.2, 0) is 16.4 Å². The van der Waals surface area contributed by atoms with Crippen LogP contribution >= 0.6 is 0 Å². The zero-order valence-electron chi connectivity index (χ0n) is 17.6. The fourth-order valence-electron chi connectivity index (χ4n) is 3.31. The van der Waals surface area contributed by atoms with E-state index >= 15 is 0 Å². The Morgan fingerprint density at radius 3 is 2.55 bits per heavy atom. The number of rotatable bonds is 8. The van der Waals surface area contributed by atoms with Crippen LogP contribution in [0.1, 0.15) is 36.8 Å². The lowest BCUT2D eigenvalue weighted by molar-refractivity contribution is 0.0631. The van der Waals surface area contributed by atoms with E-state index in [2.05, 4.69) is 5.32 Å². The van der Waals surface area contributed by atoms with E-state index in [4.69, 9.17) is 9.15 Å². The summed E-state index contributed by atoms with van der Waals surface area (Å²) in [6.07, 6.45) is 2.58. The topological polar surface area (TPSA) is 123 Å². The first-order chi connectivity index (χ1) is 15.7. The number of nitrogens with one attached hydrogen (secondary N) is 1. The van der Waals surface area contributed by atoms with Crippen molar-refractivity contribution in [1.29, 1.82) is 0 Å². The summed E-state index contributed by atoms with van der Waals surface area (Å²) in [5, 5.41) is 2.71. The number of carbonyl (C=O) groups is 3. The smallest absolute Gasteiger partial charge is 0.261 e. The number of ether oxygens (including phenoxy) is 1. The summed E-state index contributed by atoms with van der Waals surface area (Å²) in [5.74, 6) is -0.668. The SMILES string of the molecule is CS(=O)(=O)CCOc1cccc(NC(=O)c2ccc3c(c2)C(=O)N(Cc2ccco2)C3=O)c1. The van der Waals surface area contributed by atoms with E-state index in [1.165, 1.54) is 24.5 Å². The third-order valence-electron chi connectivity index (χ3n) is 4.94. The molecule has 4 rings (SSSR count). The van der Waals surface area contributed by atoms with Crippen molar-refractivity contribution in [3.63, 3.8) is 0 Å². The quantitative estimate of drug-likeness (QED) is 0.504. The molecule has 0 aliphatic carbocycles. The Morgan fingerprint density at radius 1 is 1.03 bits per heavy atom. The molecule has 9 nitrogen and oxygen atoms in total. The number of sulfone groups is 1. The van der Waals surface area contributed by atoms with Gasteiger partial charge in [0.15, 0.2) is 9.84 Å². The zero-order valence-corrected chi connectivity index (χ0v) is 18.4. The molecule has 0 spiro atoms. The predicted octanol–water partition coefficient (Wildman–Crippen LogP) is 2.75. The number of carbonyl (C=O) groups excluding carboxylic acids is 3. The summed E-state index contributed by atoms with van der Waals surface area (Å²) in [4.78, 5) is 39.2. The lowest BCUT2D eigenvalue weighted by Crippen LogP contribution is -2.28. The molecule has 10 heteroatoms. The van der Waals surface area contributed by atoms with Crippen molar-refractivity contribution in [2.75, 3.05) is 23.9 Å². The Hall–Kier alpha value is -3.92. The average Bonchev–Trinajstić information content (AvgIpc) is 3.36. The molecule has 0 atom stereocenters. The van der Waals surface area contributed by atoms with Crippen LogP contribution in [0.2, 0.25) is 0 Å². The molecule has 0 bridgehead atoms. The van der Waals surface area contributed by atoms with Gasteiger partial charge in [-0.05, 0) is 42.5 Å². The molecule has 3 amide bonds. The second kappa shape index (κ2) is 8.91. The van der Waals surface area contributed by atoms with Crippen molar-refractivity contribution in [3.05, 3.63) is 83.3 Å². The van der Waals surface area contributed by atoms with Gasteiger partial charge in [0.1, 0.15) is 18.1 Å².